The van der Waals surface area contributed by atoms with Gasteiger partial charge in [0.05, 0.1) is 0 Å². The number of hydrogen-bond donors (Lipinski definition) is 2. The van der Waals surface area contributed by atoms with Crippen molar-refractivity contribution in [2.24, 2.45) is 0 Å². The van der Waals surface area contributed by atoms with Crippen LogP contribution >= 0.6 is 35.0 Å². The molecule has 0 aromatic heterocycles. The predicted octanol–water partition coefficient (Wildman–Crippen LogP) is 7.76. The Morgan fingerprint density at radius 1 is 0.933 bits per heavy atom. The molecule has 0 bridgehead atoms. The molecule has 0 fully saturated rings. The monoisotopic (exact) mass is 458 g/mol. The first-order valence-corrected chi connectivity index (χ1v) is 11.2. The van der Waals surface area contributed by atoms with Crippen molar-refractivity contribution in [2.75, 3.05) is 5.32 Å². The van der Waals surface area contributed by atoms with E-state index in [1.54, 1.807) is 11.8 Å². The van der Waals surface area contributed by atoms with Crippen LogP contribution in [-0.4, -0.2) is 6.03 Å². The van der Waals surface area contributed by atoms with E-state index >= 15 is 0 Å². The summed E-state index contributed by atoms with van der Waals surface area (Å²) in [4.78, 5) is 14.4. The summed E-state index contributed by atoms with van der Waals surface area (Å²) >= 11 is 14.0. The van der Waals surface area contributed by atoms with Gasteiger partial charge in [-0.2, -0.15) is 0 Å². The van der Waals surface area contributed by atoms with Crippen molar-refractivity contribution in [3.8, 4) is 0 Å². The van der Waals surface area contributed by atoms with Gasteiger partial charge in [0, 0.05) is 37.6 Å². The standard InChI is InChI=1S/C24H24Cl2N2OS/c1-24(2,3)16-7-11-18(12-8-16)28-23(29)27-15-20-21(26)5-4-6-22(20)30-19-13-9-17(25)10-14-19/h4-14H,15H2,1-3H3,(H2,27,28,29). The van der Waals surface area contributed by atoms with E-state index in [0.717, 1.165) is 21.0 Å². The summed E-state index contributed by atoms with van der Waals surface area (Å²) < 4.78 is 0. The Kier molecular flexibility index (Phi) is 7.35. The minimum atomic E-state index is -0.277. The third kappa shape index (κ3) is 6.18. The molecule has 0 saturated heterocycles. The zero-order chi connectivity index (χ0) is 21.7. The van der Waals surface area contributed by atoms with Crippen LogP contribution in [0.1, 0.15) is 31.9 Å². The molecule has 2 N–H and O–H groups in total. The summed E-state index contributed by atoms with van der Waals surface area (Å²) in [5.74, 6) is 0. The number of hydrogen-bond acceptors (Lipinski definition) is 2. The summed E-state index contributed by atoms with van der Waals surface area (Å²) in [7, 11) is 0. The second-order valence-electron chi connectivity index (χ2n) is 7.91. The van der Waals surface area contributed by atoms with E-state index in [1.165, 1.54) is 5.56 Å². The zero-order valence-electron chi connectivity index (χ0n) is 17.1. The average Bonchev–Trinajstić information content (AvgIpc) is 2.69. The average molecular weight is 459 g/mol. The topological polar surface area (TPSA) is 41.1 Å². The minimum Gasteiger partial charge on any atom is -0.334 e. The molecule has 0 aliphatic carbocycles. The summed E-state index contributed by atoms with van der Waals surface area (Å²) in [5.41, 5.74) is 2.91. The molecule has 0 aliphatic rings. The highest BCUT2D eigenvalue weighted by Gasteiger charge is 2.14. The van der Waals surface area contributed by atoms with E-state index in [-0.39, 0.29) is 11.4 Å². The van der Waals surface area contributed by atoms with Gasteiger partial charge in [0.2, 0.25) is 0 Å². The molecule has 3 nitrogen and oxygen atoms in total. The molecule has 0 aliphatic heterocycles. The Morgan fingerprint density at radius 2 is 1.60 bits per heavy atom. The Labute approximate surface area is 192 Å². The molecule has 0 radical (unpaired) electrons. The van der Waals surface area contributed by atoms with Gasteiger partial charge < -0.3 is 10.6 Å². The lowest BCUT2D eigenvalue weighted by molar-refractivity contribution is 0.251. The van der Waals surface area contributed by atoms with Crippen LogP contribution in [0.5, 0.6) is 0 Å². The molecule has 2 amide bonds. The van der Waals surface area contributed by atoms with E-state index in [1.807, 2.05) is 66.7 Å². The fourth-order valence-electron chi connectivity index (χ4n) is 2.83. The molecule has 6 heteroatoms. The van der Waals surface area contributed by atoms with E-state index < -0.39 is 0 Å². The number of nitrogens with one attached hydrogen (secondary N) is 2. The Balaban J connectivity index is 1.65. The van der Waals surface area contributed by atoms with Crippen LogP contribution in [0, 0.1) is 0 Å². The molecule has 0 heterocycles. The molecule has 30 heavy (non-hydrogen) atoms. The number of benzene rings is 3. The highest BCUT2D eigenvalue weighted by Crippen LogP contribution is 2.34. The van der Waals surface area contributed by atoms with Crippen LogP contribution in [0.4, 0.5) is 10.5 Å². The third-order valence-corrected chi connectivity index (χ3v) is 6.27. The zero-order valence-corrected chi connectivity index (χ0v) is 19.5. The van der Waals surface area contributed by atoms with Crippen LogP contribution in [0.25, 0.3) is 0 Å². The van der Waals surface area contributed by atoms with Gasteiger partial charge in [0.1, 0.15) is 0 Å². The molecule has 0 unspecified atom stereocenters. The van der Waals surface area contributed by atoms with Gasteiger partial charge in [0.25, 0.3) is 0 Å². The first kappa shape index (κ1) is 22.5. The maximum absolute atomic E-state index is 12.4. The van der Waals surface area contributed by atoms with Crippen LogP contribution in [0.15, 0.2) is 76.5 Å². The highest BCUT2D eigenvalue weighted by molar-refractivity contribution is 7.99. The lowest BCUT2D eigenvalue weighted by Crippen LogP contribution is -2.28. The Bertz CT molecular complexity index is 1010. The molecule has 3 rings (SSSR count). The fraction of sp³-hybridized carbons (Fsp3) is 0.208. The van der Waals surface area contributed by atoms with Crippen molar-refractivity contribution in [3.05, 3.63) is 87.9 Å². The van der Waals surface area contributed by atoms with E-state index in [2.05, 4.69) is 31.4 Å². The molecular weight excluding hydrogens is 435 g/mol. The lowest BCUT2D eigenvalue weighted by atomic mass is 9.87. The maximum Gasteiger partial charge on any atom is 0.319 e. The van der Waals surface area contributed by atoms with Crippen molar-refractivity contribution in [1.82, 2.24) is 5.32 Å². The van der Waals surface area contributed by atoms with Crippen molar-refractivity contribution in [1.29, 1.82) is 0 Å². The van der Waals surface area contributed by atoms with Crippen molar-refractivity contribution >= 4 is 46.7 Å². The molecule has 3 aromatic rings. The van der Waals surface area contributed by atoms with E-state index in [0.29, 0.717) is 16.6 Å². The smallest absolute Gasteiger partial charge is 0.319 e. The van der Waals surface area contributed by atoms with Crippen molar-refractivity contribution in [3.63, 3.8) is 0 Å². The maximum atomic E-state index is 12.4. The van der Waals surface area contributed by atoms with Gasteiger partial charge in [0.15, 0.2) is 0 Å². The summed E-state index contributed by atoms with van der Waals surface area (Å²) in [6.07, 6.45) is 0. The number of halogens is 2. The third-order valence-electron chi connectivity index (χ3n) is 4.55. The van der Waals surface area contributed by atoms with Gasteiger partial charge >= 0.3 is 6.03 Å². The van der Waals surface area contributed by atoms with Crippen LogP contribution in [0.3, 0.4) is 0 Å². The number of urea groups is 1. The van der Waals surface area contributed by atoms with Crippen molar-refractivity contribution < 1.29 is 4.79 Å². The first-order chi connectivity index (χ1) is 14.2. The van der Waals surface area contributed by atoms with Gasteiger partial charge in [-0.1, -0.05) is 73.9 Å². The van der Waals surface area contributed by atoms with Gasteiger partial charge in [-0.3, -0.25) is 0 Å². The number of anilines is 1. The van der Waals surface area contributed by atoms with E-state index in [9.17, 15) is 4.79 Å². The molecule has 0 atom stereocenters. The van der Waals surface area contributed by atoms with Gasteiger partial charge in [-0.25, -0.2) is 4.79 Å². The number of amides is 2. The second kappa shape index (κ2) is 9.78. The number of carbonyl (C=O) groups is 1. The van der Waals surface area contributed by atoms with Crippen molar-refractivity contribution in [2.45, 2.75) is 42.5 Å². The minimum absolute atomic E-state index is 0.0724. The first-order valence-electron chi connectivity index (χ1n) is 9.58. The quantitative estimate of drug-likeness (QED) is 0.409. The second-order valence-corrected chi connectivity index (χ2v) is 9.87. The fourth-order valence-corrected chi connectivity index (χ4v) is 4.23. The number of rotatable bonds is 5. The highest BCUT2D eigenvalue weighted by atomic mass is 35.5. The molecular formula is C24H24Cl2N2OS. The van der Waals surface area contributed by atoms with Gasteiger partial charge in [-0.15, -0.1) is 0 Å². The molecule has 3 aromatic carbocycles. The normalized spacial score (nSPS) is 11.2. The number of carbonyl (C=O) groups excluding carboxylic acids is 1. The molecule has 156 valence electrons. The molecule has 0 saturated carbocycles. The molecule has 0 spiro atoms. The lowest BCUT2D eigenvalue weighted by Gasteiger charge is -2.19. The van der Waals surface area contributed by atoms with Crippen LogP contribution in [-0.2, 0) is 12.0 Å². The van der Waals surface area contributed by atoms with Crippen LogP contribution in [0.2, 0.25) is 10.0 Å². The predicted molar refractivity (Wildman–Crippen MR) is 128 cm³/mol. The largest absolute Gasteiger partial charge is 0.334 e. The summed E-state index contributed by atoms with van der Waals surface area (Å²) in [6.45, 7) is 6.80. The van der Waals surface area contributed by atoms with Gasteiger partial charge in [-0.05, 0) is 59.5 Å². The Hall–Kier alpha value is -2.14. The van der Waals surface area contributed by atoms with Crippen LogP contribution < -0.4 is 10.6 Å². The van der Waals surface area contributed by atoms with E-state index in [4.69, 9.17) is 23.2 Å². The summed E-state index contributed by atoms with van der Waals surface area (Å²) in [6, 6.07) is 21.0. The Morgan fingerprint density at radius 3 is 2.23 bits per heavy atom. The SMILES string of the molecule is CC(C)(C)c1ccc(NC(=O)NCc2c(Cl)cccc2Sc2ccc(Cl)cc2)cc1. The summed E-state index contributed by atoms with van der Waals surface area (Å²) in [5, 5.41) is 7.08.